The summed E-state index contributed by atoms with van der Waals surface area (Å²) in [6.45, 7) is 5.27. The predicted molar refractivity (Wildman–Crippen MR) is 116 cm³/mol. The van der Waals surface area contributed by atoms with Crippen LogP contribution < -0.4 is 0 Å². The van der Waals surface area contributed by atoms with E-state index in [4.69, 9.17) is 0 Å². The number of hydrogen-bond donors (Lipinski definition) is 0. The van der Waals surface area contributed by atoms with Crippen LogP contribution in [-0.2, 0) is 0 Å². The second kappa shape index (κ2) is 8.29. The lowest BCUT2D eigenvalue weighted by Gasteiger charge is -2.35. The Morgan fingerprint density at radius 2 is 0.750 bits per heavy atom. The van der Waals surface area contributed by atoms with Crippen molar-refractivity contribution in [3.05, 3.63) is 70.8 Å². The number of benzene rings is 2. The van der Waals surface area contributed by atoms with Gasteiger partial charge in [0.1, 0.15) is 0 Å². The van der Waals surface area contributed by atoms with Crippen molar-refractivity contribution >= 4 is 23.6 Å². The first kappa shape index (κ1) is 20.5. The molecule has 4 amide bonds. The van der Waals surface area contributed by atoms with Crippen molar-refractivity contribution in [1.29, 1.82) is 0 Å². The minimum Gasteiger partial charge on any atom is -0.299 e. The molecular formula is C24H24N4O4. The highest BCUT2D eigenvalue weighted by Gasteiger charge is 2.36. The second-order valence-corrected chi connectivity index (χ2v) is 8.30. The van der Waals surface area contributed by atoms with Crippen LogP contribution in [0.3, 0.4) is 0 Å². The maximum atomic E-state index is 12.5. The van der Waals surface area contributed by atoms with E-state index in [2.05, 4.69) is 9.80 Å². The van der Waals surface area contributed by atoms with Gasteiger partial charge in [-0.2, -0.15) is 0 Å². The van der Waals surface area contributed by atoms with Crippen LogP contribution in [0, 0.1) is 0 Å². The fourth-order valence-corrected chi connectivity index (χ4v) is 4.60. The lowest BCUT2D eigenvalue weighted by molar-refractivity contribution is 0.0570. The fourth-order valence-electron chi connectivity index (χ4n) is 4.60. The van der Waals surface area contributed by atoms with Gasteiger partial charge < -0.3 is 0 Å². The maximum absolute atomic E-state index is 12.5. The number of fused-ring (bicyclic) bond motifs is 2. The molecule has 8 heteroatoms. The monoisotopic (exact) mass is 432 g/mol. The Labute approximate surface area is 186 Å². The molecule has 3 heterocycles. The molecule has 32 heavy (non-hydrogen) atoms. The van der Waals surface area contributed by atoms with E-state index in [0.717, 1.165) is 26.2 Å². The molecular weight excluding hydrogens is 408 g/mol. The van der Waals surface area contributed by atoms with Crippen LogP contribution >= 0.6 is 0 Å². The largest absolute Gasteiger partial charge is 0.299 e. The summed E-state index contributed by atoms with van der Waals surface area (Å²) < 4.78 is 0. The molecule has 3 aliphatic heterocycles. The zero-order valence-corrected chi connectivity index (χ0v) is 17.7. The summed E-state index contributed by atoms with van der Waals surface area (Å²) in [7, 11) is 0. The minimum atomic E-state index is -0.217. The number of rotatable bonds is 6. The van der Waals surface area contributed by atoms with Crippen molar-refractivity contribution in [2.24, 2.45) is 0 Å². The minimum absolute atomic E-state index is 0.217. The van der Waals surface area contributed by atoms with Gasteiger partial charge in [-0.3, -0.25) is 38.8 Å². The quantitative estimate of drug-likeness (QED) is 0.638. The van der Waals surface area contributed by atoms with Gasteiger partial charge in [-0.1, -0.05) is 24.3 Å². The lowest BCUT2D eigenvalue weighted by Crippen LogP contribution is -2.50. The smallest absolute Gasteiger partial charge is 0.261 e. The van der Waals surface area contributed by atoms with Gasteiger partial charge in [-0.05, 0) is 24.3 Å². The molecule has 1 saturated heterocycles. The van der Waals surface area contributed by atoms with Crippen LogP contribution in [0.25, 0.3) is 0 Å². The number of imide groups is 2. The highest BCUT2D eigenvalue weighted by molar-refractivity contribution is 6.22. The molecule has 0 radical (unpaired) electrons. The summed E-state index contributed by atoms with van der Waals surface area (Å²) in [5, 5.41) is 0. The van der Waals surface area contributed by atoms with E-state index in [1.165, 1.54) is 9.80 Å². The number of nitrogens with zero attached hydrogens (tertiary/aromatic N) is 4. The van der Waals surface area contributed by atoms with Crippen LogP contribution in [0.5, 0.6) is 0 Å². The van der Waals surface area contributed by atoms with E-state index in [0.29, 0.717) is 48.4 Å². The molecule has 8 nitrogen and oxygen atoms in total. The molecule has 5 rings (SSSR count). The molecule has 3 aliphatic rings. The Hall–Kier alpha value is -3.36. The van der Waals surface area contributed by atoms with Gasteiger partial charge in [0.25, 0.3) is 23.6 Å². The van der Waals surface area contributed by atoms with Gasteiger partial charge in [0.05, 0.1) is 22.3 Å². The van der Waals surface area contributed by atoms with E-state index in [9.17, 15) is 19.2 Å². The van der Waals surface area contributed by atoms with Crippen molar-refractivity contribution in [3.63, 3.8) is 0 Å². The molecule has 0 aliphatic carbocycles. The van der Waals surface area contributed by atoms with Gasteiger partial charge in [0.15, 0.2) is 0 Å². The number of carbonyl (C=O) groups is 4. The zero-order chi connectivity index (χ0) is 22.2. The van der Waals surface area contributed by atoms with Crippen molar-refractivity contribution in [1.82, 2.24) is 19.6 Å². The Bertz CT molecular complexity index is 949. The molecule has 164 valence electrons. The van der Waals surface area contributed by atoms with Crippen LogP contribution in [0.2, 0.25) is 0 Å². The van der Waals surface area contributed by atoms with E-state index in [1.807, 2.05) is 0 Å². The van der Waals surface area contributed by atoms with Crippen LogP contribution in [0.15, 0.2) is 48.5 Å². The van der Waals surface area contributed by atoms with E-state index >= 15 is 0 Å². The van der Waals surface area contributed by atoms with Gasteiger partial charge >= 0.3 is 0 Å². The number of piperazine rings is 1. The van der Waals surface area contributed by atoms with Crippen molar-refractivity contribution < 1.29 is 19.2 Å². The molecule has 0 N–H and O–H groups in total. The third-order valence-corrected chi connectivity index (χ3v) is 6.50. The van der Waals surface area contributed by atoms with E-state index < -0.39 is 0 Å². The maximum Gasteiger partial charge on any atom is 0.261 e. The molecule has 2 aromatic rings. The van der Waals surface area contributed by atoms with Gasteiger partial charge in [0.2, 0.25) is 0 Å². The molecule has 1 fully saturated rings. The Kier molecular flexibility index (Phi) is 5.32. The van der Waals surface area contributed by atoms with Gasteiger partial charge in [-0.25, -0.2) is 0 Å². The Balaban J connectivity index is 1.08. The predicted octanol–water partition coefficient (Wildman–Crippen LogP) is 1.20. The molecule has 0 bridgehead atoms. The van der Waals surface area contributed by atoms with Crippen molar-refractivity contribution in [2.75, 3.05) is 52.4 Å². The standard InChI is InChI=1S/C24H24N4O4/c29-21-17-5-1-2-6-18(17)22(30)27(21)15-13-25-9-11-26(12-10-25)14-16-28-23(31)19-7-3-4-8-20(19)24(28)32/h1-8H,9-16H2. The molecule has 2 aromatic carbocycles. The summed E-state index contributed by atoms with van der Waals surface area (Å²) in [6, 6.07) is 13.9. The van der Waals surface area contributed by atoms with E-state index in [-0.39, 0.29) is 23.6 Å². The average molecular weight is 432 g/mol. The number of amides is 4. The van der Waals surface area contributed by atoms with Crippen LogP contribution in [0.4, 0.5) is 0 Å². The molecule has 0 saturated carbocycles. The Morgan fingerprint density at radius 1 is 0.469 bits per heavy atom. The van der Waals surface area contributed by atoms with Crippen molar-refractivity contribution in [3.8, 4) is 0 Å². The summed E-state index contributed by atoms with van der Waals surface area (Å²) in [5.41, 5.74) is 1.93. The number of carbonyl (C=O) groups excluding carboxylic acids is 4. The van der Waals surface area contributed by atoms with Crippen LogP contribution in [-0.4, -0.2) is 95.6 Å². The van der Waals surface area contributed by atoms with Gasteiger partial charge in [0, 0.05) is 52.4 Å². The highest BCUT2D eigenvalue weighted by atomic mass is 16.2. The summed E-state index contributed by atoms with van der Waals surface area (Å²) in [5.74, 6) is -0.870. The normalized spacial score (nSPS) is 19.1. The molecule has 0 unspecified atom stereocenters. The summed E-state index contributed by atoms with van der Waals surface area (Å²) in [4.78, 5) is 57.1. The number of hydrogen-bond acceptors (Lipinski definition) is 6. The first-order chi connectivity index (χ1) is 15.5. The van der Waals surface area contributed by atoms with Gasteiger partial charge in [-0.15, -0.1) is 0 Å². The highest BCUT2D eigenvalue weighted by Crippen LogP contribution is 2.23. The lowest BCUT2D eigenvalue weighted by atomic mass is 10.1. The molecule has 0 aromatic heterocycles. The average Bonchev–Trinajstić information content (AvgIpc) is 3.22. The first-order valence-corrected chi connectivity index (χ1v) is 10.9. The second-order valence-electron chi connectivity index (χ2n) is 8.30. The zero-order valence-electron chi connectivity index (χ0n) is 17.7. The third-order valence-electron chi connectivity index (χ3n) is 6.50. The summed E-state index contributed by atoms with van der Waals surface area (Å²) in [6.07, 6.45) is 0. The molecule has 0 atom stereocenters. The first-order valence-electron chi connectivity index (χ1n) is 10.9. The summed E-state index contributed by atoms with van der Waals surface area (Å²) >= 11 is 0. The topological polar surface area (TPSA) is 81.2 Å². The fraction of sp³-hybridized carbons (Fsp3) is 0.333. The Morgan fingerprint density at radius 3 is 1.03 bits per heavy atom. The van der Waals surface area contributed by atoms with Crippen molar-refractivity contribution in [2.45, 2.75) is 0 Å². The SMILES string of the molecule is O=C1c2ccccc2C(=O)N1CCN1CCN(CCN2C(=O)c3ccccc3C2=O)CC1. The van der Waals surface area contributed by atoms with Crippen LogP contribution in [0.1, 0.15) is 41.4 Å². The van der Waals surface area contributed by atoms with E-state index in [1.54, 1.807) is 48.5 Å². The third kappa shape index (κ3) is 3.51. The molecule has 0 spiro atoms.